The molecule has 0 saturated carbocycles. The molecule has 2 aromatic rings. The first-order valence-corrected chi connectivity index (χ1v) is 9.52. The Morgan fingerprint density at radius 3 is 2.69 bits per heavy atom. The van der Waals surface area contributed by atoms with Crippen LogP contribution < -0.4 is 0 Å². The van der Waals surface area contributed by atoms with E-state index in [1.807, 2.05) is 6.92 Å². The van der Waals surface area contributed by atoms with Crippen molar-refractivity contribution in [1.29, 1.82) is 0 Å². The summed E-state index contributed by atoms with van der Waals surface area (Å²) < 4.78 is 0. The standard InChI is InChI=1S/C19H18ClNO4S/c1-2-3-8-21-16(11-6-7-13(22)12(20)10-11)15(18(24)19(21)25)17(23)14-5-4-9-26-14/h4-7,9-10,16,22,24H,2-3,8H2,1H3. The maximum atomic E-state index is 13.0. The normalized spacial score (nSPS) is 17.2. The number of carbonyl (C=O) groups is 2. The predicted molar refractivity (Wildman–Crippen MR) is 101 cm³/mol. The number of aliphatic hydroxyl groups excluding tert-OH is 1. The molecule has 0 spiro atoms. The number of hydrogen-bond acceptors (Lipinski definition) is 5. The van der Waals surface area contributed by atoms with Gasteiger partial charge in [0.05, 0.1) is 21.5 Å². The molecule has 0 bridgehead atoms. The number of phenolic OH excluding ortho intramolecular Hbond substituents is 1. The number of thiophene rings is 1. The summed E-state index contributed by atoms with van der Waals surface area (Å²) in [5.74, 6) is -1.54. The summed E-state index contributed by atoms with van der Waals surface area (Å²) in [6, 6.07) is 7.22. The van der Waals surface area contributed by atoms with Gasteiger partial charge in [-0.15, -0.1) is 11.3 Å². The highest BCUT2D eigenvalue weighted by molar-refractivity contribution is 7.12. The molecule has 136 valence electrons. The van der Waals surface area contributed by atoms with Crippen LogP contribution in [0.15, 0.2) is 47.0 Å². The van der Waals surface area contributed by atoms with E-state index in [0.29, 0.717) is 17.0 Å². The molecule has 1 aromatic heterocycles. The van der Waals surface area contributed by atoms with Crippen molar-refractivity contribution in [3.63, 3.8) is 0 Å². The lowest BCUT2D eigenvalue weighted by atomic mass is 9.95. The van der Waals surface area contributed by atoms with E-state index in [4.69, 9.17) is 11.6 Å². The smallest absolute Gasteiger partial charge is 0.290 e. The summed E-state index contributed by atoms with van der Waals surface area (Å²) in [5.41, 5.74) is 0.622. The average molecular weight is 392 g/mol. The third-order valence-corrected chi connectivity index (χ3v) is 5.50. The fraction of sp³-hybridized carbons (Fsp3) is 0.263. The van der Waals surface area contributed by atoms with E-state index in [2.05, 4.69) is 0 Å². The zero-order valence-corrected chi connectivity index (χ0v) is 15.7. The molecule has 0 aliphatic carbocycles. The van der Waals surface area contributed by atoms with Crippen molar-refractivity contribution in [2.24, 2.45) is 0 Å². The van der Waals surface area contributed by atoms with Crippen molar-refractivity contribution >= 4 is 34.6 Å². The fourth-order valence-electron chi connectivity index (χ4n) is 3.02. The zero-order valence-electron chi connectivity index (χ0n) is 14.1. The number of ketones is 1. The molecule has 1 amide bonds. The molecule has 7 heteroatoms. The predicted octanol–water partition coefficient (Wildman–Crippen LogP) is 4.49. The maximum absolute atomic E-state index is 13.0. The van der Waals surface area contributed by atoms with Gasteiger partial charge >= 0.3 is 0 Å². The monoisotopic (exact) mass is 391 g/mol. The highest BCUT2D eigenvalue weighted by atomic mass is 35.5. The fourth-order valence-corrected chi connectivity index (χ4v) is 3.89. The second-order valence-electron chi connectivity index (χ2n) is 6.03. The van der Waals surface area contributed by atoms with Gasteiger partial charge in [0.1, 0.15) is 5.75 Å². The van der Waals surface area contributed by atoms with Crippen LogP contribution in [-0.4, -0.2) is 33.3 Å². The van der Waals surface area contributed by atoms with Crippen molar-refractivity contribution < 1.29 is 19.8 Å². The highest BCUT2D eigenvalue weighted by Gasteiger charge is 2.43. The number of benzene rings is 1. The van der Waals surface area contributed by atoms with Crippen molar-refractivity contribution in [3.05, 3.63) is 62.5 Å². The number of phenols is 1. The van der Waals surface area contributed by atoms with Gasteiger partial charge in [-0.05, 0) is 35.6 Å². The lowest BCUT2D eigenvalue weighted by Crippen LogP contribution is -2.32. The molecule has 0 fully saturated rings. The van der Waals surface area contributed by atoms with Crippen LogP contribution in [0.4, 0.5) is 0 Å². The first-order chi connectivity index (χ1) is 12.5. The number of carbonyl (C=O) groups excluding carboxylic acids is 2. The number of nitrogens with zero attached hydrogens (tertiary/aromatic N) is 1. The number of aliphatic hydroxyl groups is 1. The summed E-state index contributed by atoms with van der Waals surface area (Å²) in [7, 11) is 0. The number of aromatic hydroxyl groups is 1. The number of unbranched alkanes of at least 4 members (excludes halogenated alkanes) is 1. The van der Waals surface area contributed by atoms with Gasteiger partial charge in [-0.1, -0.05) is 37.1 Å². The molecule has 3 rings (SSSR count). The number of amides is 1. The van der Waals surface area contributed by atoms with E-state index in [1.165, 1.54) is 28.4 Å². The Hall–Kier alpha value is -2.31. The van der Waals surface area contributed by atoms with Crippen LogP contribution in [0, 0.1) is 0 Å². The summed E-state index contributed by atoms with van der Waals surface area (Å²) in [6.45, 7) is 2.40. The number of Topliss-reactive ketones (excluding diaryl/α,β-unsaturated/α-hetero) is 1. The molecule has 0 radical (unpaired) electrons. The molecule has 2 N–H and O–H groups in total. The number of halogens is 1. The minimum atomic E-state index is -0.734. The molecule has 5 nitrogen and oxygen atoms in total. The van der Waals surface area contributed by atoms with Crippen molar-refractivity contribution in [3.8, 4) is 5.75 Å². The highest BCUT2D eigenvalue weighted by Crippen LogP contribution is 2.41. The summed E-state index contributed by atoms with van der Waals surface area (Å²) >= 11 is 7.28. The molecular weight excluding hydrogens is 374 g/mol. The first kappa shape index (κ1) is 18.5. The number of hydrogen-bond donors (Lipinski definition) is 2. The molecule has 1 aromatic carbocycles. The topological polar surface area (TPSA) is 77.8 Å². The molecule has 1 aliphatic heterocycles. The van der Waals surface area contributed by atoms with Crippen LogP contribution in [0.5, 0.6) is 5.75 Å². The minimum absolute atomic E-state index is 0.0512. The molecular formula is C19H18ClNO4S. The third kappa shape index (κ3) is 3.22. The van der Waals surface area contributed by atoms with Gasteiger partial charge < -0.3 is 15.1 Å². The average Bonchev–Trinajstić information content (AvgIpc) is 3.24. The molecule has 1 aliphatic rings. The van der Waals surface area contributed by atoms with Crippen LogP contribution in [0.3, 0.4) is 0 Å². The Labute approximate surface area is 160 Å². The van der Waals surface area contributed by atoms with Crippen LogP contribution in [0.2, 0.25) is 5.02 Å². The van der Waals surface area contributed by atoms with Crippen molar-refractivity contribution in [2.75, 3.05) is 6.54 Å². The van der Waals surface area contributed by atoms with Crippen LogP contribution in [-0.2, 0) is 4.79 Å². The largest absolute Gasteiger partial charge is 0.506 e. The number of rotatable bonds is 6. The van der Waals surface area contributed by atoms with E-state index in [-0.39, 0.29) is 22.1 Å². The summed E-state index contributed by atoms with van der Waals surface area (Å²) in [6.07, 6.45) is 1.60. The van der Waals surface area contributed by atoms with E-state index < -0.39 is 17.7 Å². The molecule has 1 atom stereocenters. The SMILES string of the molecule is CCCCN1C(=O)C(O)=C(C(=O)c2cccs2)C1c1ccc(O)c(Cl)c1. The lowest BCUT2D eigenvalue weighted by Gasteiger charge is -2.26. The Morgan fingerprint density at radius 1 is 1.31 bits per heavy atom. The van der Waals surface area contributed by atoms with Gasteiger partial charge in [0.2, 0.25) is 5.78 Å². The van der Waals surface area contributed by atoms with Crippen LogP contribution in [0.1, 0.15) is 41.0 Å². The Morgan fingerprint density at radius 2 is 2.08 bits per heavy atom. The Bertz CT molecular complexity index is 876. The van der Waals surface area contributed by atoms with Gasteiger partial charge in [0.15, 0.2) is 5.76 Å². The van der Waals surface area contributed by atoms with E-state index >= 15 is 0 Å². The molecule has 1 unspecified atom stereocenters. The lowest BCUT2D eigenvalue weighted by molar-refractivity contribution is -0.129. The van der Waals surface area contributed by atoms with Crippen LogP contribution in [0.25, 0.3) is 0 Å². The second-order valence-corrected chi connectivity index (χ2v) is 7.39. The summed E-state index contributed by atoms with van der Waals surface area (Å²) in [5, 5.41) is 22.0. The van der Waals surface area contributed by atoms with E-state index in [0.717, 1.165) is 12.8 Å². The van der Waals surface area contributed by atoms with Crippen molar-refractivity contribution in [2.45, 2.75) is 25.8 Å². The molecule has 0 saturated heterocycles. The van der Waals surface area contributed by atoms with E-state index in [1.54, 1.807) is 23.6 Å². The van der Waals surface area contributed by atoms with Crippen LogP contribution >= 0.6 is 22.9 Å². The molecule has 2 heterocycles. The van der Waals surface area contributed by atoms with Crippen molar-refractivity contribution in [1.82, 2.24) is 4.90 Å². The summed E-state index contributed by atoms with van der Waals surface area (Å²) in [4.78, 5) is 27.5. The van der Waals surface area contributed by atoms with Gasteiger partial charge in [-0.2, -0.15) is 0 Å². The molecule has 26 heavy (non-hydrogen) atoms. The Balaban J connectivity index is 2.10. The second kappa shape index (κ2) is 7.51. The maximum Gasteiger partial charge on any atom is 0.290 e. The van der Waals surface area contributed by atoms with Gasteiger partial charge in [-0.3, -0.25) is 9.59 Å². The van der Waals surface area contributed by atoms with Gasteiger partial charge in [0, 0.05) is 6.54 Å². The third-order valence-electron chi connectivity index (χ3n) is 4.33. The quantitative estimate of drug-likeness (QED) is 0.711. The zero-order chi connectivity index (χ0) is 18.8. The minimum Gasteiger partial charge on any atom is -0.506 e. The van der Waals surface area contributed by atoms with Gasteiger partial charge in [0.25, 0.3) is 5.91 Å². The van der Waals surface area contributed by atoms with E-state index in [9.17, 15) is 19.8 Å². The Kier molecular flexibility index (Phi) is 5.34. The first-order valence-electron chi connectivity index (χ1n) is 8.26. The van der Waals surface area contributed by atoms with Gasteiger partial charge in [-0.25, -0.2) is 0 Å².